The van der Waals surface area contributed by atoms with Crippen molar-refractivity contribution in [2.75, 3.05) is 19.8 Å². The van der Waals surface area contributed by atoms with Crippen molar-refractivity contribution in [1.82, 2.24) is 21.3 Å². The van der Waals surface area contributed by atoms with E-state index in [1.165, 1.54) is 6.92 Å². The second-order valence-electron chi connectivity index (χ2n) is 23.1. The van der Waals surface area contributed by atoms with Crippen molar-refractivity contribution < 1.29 is 62.1 Å². The molecule has 0 unspecified atom stereocenters. The lowest BCUT2D eigenvalue weighted by atomic mass is 9.75. The van der Waals surface area contributed by atoms with Crippen LogP contribution in [0.4, 0.5) is 9.59 Å². The summed E-state index contributed by atoms with van der Waals surface area (Å²) < 4.78 is 20.1. The van der Waals surface area contributed by atoms with Crippen LogP contribution in [0.5, 0.6) is 0 Å². The number of carbonyl (C=O) groups excluding carboxylic acids is 9. The molecule has 0 aliphatic heterocycles. The van der Waals surface area contributed by atoms with Gasteiger partial charge in [0.1, 0.15) is 17.7 Å². The van der Waals surface area contributed by atoms with Gasteiger partial charge in [-0.1, -0.05) is 170 Å². The van der Waals surface area contributed by atoms with Crippen LogP contribution < -0.4 is 21.3 Å². The summed E-state index contributed by atoms with van der Waals surface area (Å²) in [6, 6.07) is 19.8. The van der Waals surface area contributed by atoms with Crippen molar-refractivity contribution >= 4 is 182 Å². The number of hydrogen-bond donors (Lipinski definition) is 8. The van der Waals surface area contributed by atoms with E-state index in [1.807, 2.05) is 5.32 Å². The lowest BCUT2D eigenvalue weighted by molar-refractivity contribution is -0.154. The number of ketones is 3. The monoisotopic (exact) mass is 1520 g/mol. The van der Waals surface area contributed by atoms with Crippen molar-refractivity contribution in [3.63, 3.8) is 0 Å². The van der Waals surface area contributed by atoms with E-state index in [4.69, 9.17) is 129 Å². The van der Waals surface area contributed by atoms with E-state index in [9.17, 15) is 43.2 Å². The molecule has 530 valence electrons. The lowest BCUT2D eigenvalue weighted by Crippen LogP contribution is -2.44. The number of nitrogens with one attached hydrogen (secondary N) is 8. The maximum Gasteiger partial charge on any atom is 0.414 e. The third-order valence-electron chi connectivity index (χ3n) is 14.2. The zero-order valence-corrected chi connectivity index (χ0v) is 61.1. The zero-order valence-electron chi connectivity index (χ0n) is 54.2. The summed E-state index contributed by atoms with van der Waals surface area (Å²) in [4.78, 5) is 105. The molecule has 4 aromatic rings. The molecule has 0 aromatic heterocycles. The highest BCUT2D eigenvalue weighted by Crippen LogP contribution is 2.36. The highest BCUT2D eigenvalue weighted by atomic mass is 35.5. The van der Waals surface area contributed by atoms with Gasteiger partial charge in [-0.25, -0.2) is 9.59 Å². The number of benzene rings is 4. The molecule has 0 radical (unpaired) electrons. The van der Waals surface area contributed by atoms with E-state index in [-0.39, 0.29) is 105 Å². The Labute approximate surface area is 611 Å². The van der Waals surface area contributed by atoms with Crippen molar-refractivity contribution in [2.24, 2.45) is 23.7 Å². The van der Waals surface area contributed by atoms with Crippen LogP contribution in [0.3, 0.4) is 0 Å². The molecular formula is C67H81Cl9N8O13. The highest BCUT2D eigenvalue weighted by molar-refractivity contribution is 6.38. The summed E-state index contributed by atoms with van der Waals surface area (Å²) in [6.45, 7) is 10.1. The van der Waals surface area contributed by atoms with Crippen LogP contribution in [-0.2, 0) is 78.2 Å². The van der Waals surface area contributed by atoms with Crippen molar-refractivity contribution in [3.05, 3.63) is 135 Å². The fourth-order valence-electron chi connectivity index (χ4n) is 9.17. The van der Waals surface area contributed by atoms with E-state index in [0.717, 1.165) is 57.8 Å². The van der Waals surface area contributed by atoms with Gasteiger partial charge in [0, 0.05) is 77.3 Å². The Morgan fingerprint density at radius 2 is 0.897 bits per heavy atom. The van der Waals surface area contributed by atoms with Gasteiger partial charge in [-0.3, -0.25) is 65.6 Å². The Bertz CT molecular complexity index is 3350. The molecule has 0 spiro atoms. The normalized spacial score (nSPS) is 14.2. The first kappa shape index (κ1) is 86.7. The molecule has 0 saturated heterocycles. The molecule has 2 aliphatic carbocycles. The molecule has 2 saturated carbocycles. The van der Waals surface area contributed by atoms with Crippen LogP contribution in [-0.4, -0.2) is 103 Å². The topological polar surface area (TPSA) is 334 Å². The van der Waals surface area contributed by atoms with Gasteiger partial charge in [0.15, 0.2) is 12.4 Å². The number of unbranched alkanes of at least 4 members (excludes halogenated alkanes) is 3. The van der Waals surface area contributed by atoms with Crippen LogP contribution in [0.1, 0.15) is 140 Å². The molecule has 97 heavy (non-hydrogen) atoms. The minimum atomic E-state index is -1.02. The van der Waals surface area contributed by atoms with Gasteiger partial charge in [-0.05, 0) is 133 Å². The van der Waals surface area contributed by atoms with Gasteiger partial charge in [0.25, 0.3) is 0 Å². The Morgan fingerprint density at radius 3 is 1.28 bits per heavy atom. The van der Waals surface area contributed by atoms with Crippen molar-refractivity contribution in [1.29, 1.82) is 21.6 Å². The van der Waals surface area contributed by atoms with Gasteiger partial charge < -0.3 is 29.8 Å². The summed E-state index contributed by atoms with van der Waals surface area (Å²) in [5.41, 5.74) is 2.10. The zero-order chi connectivity index (χ0) is 71.6. The van der Waals surface area contributed by atoms with E-state index in [2.05, 4.69) is 48.4 Å². The fraction of sp³-hybridized carbons (Fsp3) is 0.448. The fourth-order valence-corrected chi connectivity index (χ4v) is 11.3. The summed E-state index contributed by atoms with van der Waals surface area (Å²) in [5, 5.41) is 42.3. The number of carbonyl (C=O) groups is 9. The van der Waals surface area contributed by atoms with E-state index >= 15 is 0 Å². The van der Waals surface area contributed by atoms with Crippen LogP contribution in [0.2, 0.25) is 40.2 Å². The molecule has 2 aliphatic rings. The van der Waals surface area contributed by atoms with Gasteiger partial charge >= 0.3 is 24.1 Å². The predicted octanol–water partition coefficient (Wildman–Crippen LogP) is 16.0. The van der Waals surface area contributed by atoms with E-state index in [0.29, 0.717) is 92.7 Å². The third-order valence-corrected chi connectivity index (χ3v) is 17.1. The van der Waals surface area contributed by atoms with Crippen LogP contribution in [0.25, 0.3) is 0 Å². The molecule has 4 amide bonds. The van der Waals surface area contributed by atoms with Gasteiger partial charge in [0.2, 0.25) is 23.7 Å². The Kier molecular flexibility index (Phi) is 41.1. The quantitative estimate of drug-likeness (QED) is 0.00906. The number of esters is 2. The first-order chi connectivity index (χ1) is 45.3. The molecule has 3 atom stereocenters. The molecule has 21 nitrogen and oxygen atoms in total. The van der Waals surface area contributed by atoms with E-state index < -0.39 is 54.5 Å². The molecule has 2 fully saturated rings. The maximum atomic E-state index is 12.3. The Hall–Kier alpha value is -6.40. The lowest BCUT2D eigenvalue weighted by Gasteiger charge is -2.36. The number of hydrogen-bond acceptors (Lipinski definition) is 17. The largest absolute Gasteiger partial charge is 0.465 e. The van der Waals surface area contributed by atoms with Crippen LogP contribution in [0, 0.1) is 45.3 Å². The smallest absolute Gasteiger partial charge is 0.414 e. The second-order valence-corrected chi connectivity index (χ2v) is 26.3. The van der Waals surface area contributed by atoms with Gasteiger partial charge in [-0.2, -0.15) is 0 Å². The summed E-state index contributed by atoms with van der Waals surface area (Å²) in [6.07, 6.45) is 6.67. The average Bonchev–Trinajstić information content (AvgIpc) is 1.67. The average molecular weight is 1530 g/mol. The molecule has 30 heteroatoms. The van der Waals surface area contributed by atoms with Gasteiger partial charge in [-0.15, -0.1) is 12.4 Å². The number of ether oxygens (including phenoxy) is 4. The van der Waals surface area contributed by atoms with Crippen LogP contribution >= 0.6 is 105 Å². The second kappa shape index (κ2) is 46.0. The minimum Gasteiger partial charge on any atom is -0.465 e. The SMILES string of the molecule is CC(=O)COC(=O)NC(=N)NC(=O)Cc1c(Cl)cccc1Cl.CC(C)[C@@H]1CC[C@@H](C)C[C@H]1OC(=O)CC(=N)CC(=O)Cc1c(Cl)cccc1Cl.CCCCCCOC(=O)NC(=N)NC(=O)Cc1c(Cl)cccc1Cl.Cl.N=C(CC(=O)Cc1c(Cl)cccc1Cl)CC(=O)OCC1CC1. The van der Waals surface area contributed by atoms with Crippen molar-refractivity contribution in [3.8, 4) is 0 Å². The highest BCUT2D eigenvalue weighted by Gasteiger charge is 2.34. The molecular weight excluding hydrogens is 1440 g/mol. The molecule has 0 heterocycles. The number of guanidine groups is 2. The Morgan fingerprint density at radius 1 is 0.505 bits per heavy atom. The molecule has 0 bridgehead atoms. The standard InChI is InChI=1S/C22H29Cl2NO3.C16H21Cl2N3O3.C16H17Cl2NO3.C13H13Cl2N3O4.ClH/c1-13(2)17-8-7-14(3)9-21(17)28-22(27)11-15(25)10-16(26)12-18-19(23)5-4-6-20(18)24;1-2-3-4-5-9-24-16(23)21-15(19)20-14(22)10-11-12(17)7-6-8-13(11)18;17-14-2-1-3-15(18)13(14)8-12(20)6-11(19)7-16(21)22-9-10-4-5-10;1-7(19)6-22-13(21)18-12(16)17-11(20)5-8-9(14)3-2-4-10(8)15;/h4-6,13-14,17,21,25H,7-12H2,1-3H3;6-8H,2-5,9-10H2,1H3,(H3,19,20,21,22,23);1-3,10,19H,4-9H2;2-4H,5-6H2,1H3,(H3,16,17,18,20,21);1H/t14-,17+,21-;;;;/m1..../s1. The summed E-state index contributed by atoms with van der Waals surface area (Å²) in [7, 11) is 0. The van der Waals surface area contributed by atoms with Crippen LogP contribution in [0.15, 0.2) is 72.8 Å². The number of Topliss-reactive ketones (excluding diaryl/α,β-unsaturated/α-hetero) is 3. The first-order valence-corrected chi connectivity index (χ1v) is 33.7. The number of amides is 4. The summed E-state index contributed by atoms with van der Waals surface area (Å²) in [5.74, 6) is -1.91. The minimum absolute atomic E-state index is 0. The Balaban J connectivity index is 0.000000441. The van der Waals surface area contributed by atoms with Crippen molar-refractivity contribution in [2.45, 2.75) is 150 Å². The van der Waals surface area contributed by atoms with Gasteiger partial charge in [0.05, 0.1) is 38.9 Å². The third kappa shape index (κ3) is 35.8. The number of rotatable bonds is 27. The van der Waals surface area contributed by atoms with E-state index in [1.54, 1.807) is 72.8 Å². The summed E-state index contributed by atoms with van der Waals surface area (Å²) >= 11 is 48.0. The predicted molar refractivity (Wildman–Crippen MR) is 382 cm³/mol. The number of alkyl carbamates (subject to hydrolysis) is 2. The maximum absolute atomic E-state index is 12.3. The molecule has 4 aromatic carbocycles. The first-order valence-electron chi connectivity index (χ1n) is 30.7. The number of halogens is 9. The molecule has 8 N–H and O–H groups in total. The molecule has 6 rings (SSSR count).